The number of amides is 2. The lowest BCUT2D eigenvalue weighted by molar-refractivity contribution is -0.134. The van der Waals surface area contributed by atoms with Gasteiger partial charge in [-0.25, -0.2) is 0 Å². The first kappa shape index (κ1) is 19.0. The maximum absolute atomic E-state index is 12.6. The van der Waals surface area contributed by atoms with E-state index in [0.717, 1.165) is 6.42 Å². The van der Waals surface area contributed by atoms with E-state index in [9.17, 15) is 9.59 Å². The van der Waals surface area contributed by atoms with E-state index >= 15 is 0 Å². The van der Waals surface area contributed by atoms with Gasteiger partial charge in [-0.2, -0.15) is 0 Å². The Balaban J connectivity index is 1.46. The number of carbonyl (C=O) groups is 2. The van der Waals surface area contributed by atoms with Crippen LogP contribution in [0, 0.1) is 5.92 Å². The molecule has 0 atom stereocenters. The predicted octanol–water partition coefficient (Wildman–Crippen LogP) is 3.51. The number of nitrogens with one attached hydrogen (secondary N) is 1. The van der Waals surface area contributed by atoms with Gasteiger partial charge < -0.3 is 15.0 Å². The van der Waals surface area contributed by atoms with Gasteiger partial charge >= 0.3 is 0 Å². The number of aryl methyl sites for hydroxylation is 1. The number of methoxy groups -OCH3 is 1. The monoisotopic (exact) mass is 366 g/mol. The summed E-state index contributed by atoms with van der Waals surface area (Å²) >= 11 is 0. The lowest BCUT2D eigenvalue weighted by atomic mass is 9.95. The van der Waals surface area contributed by atoms with Crippen molar-refractivity contribution in [1.82, 2.24) is 4.90 Å². The first-order chi connectivity index (χ1) is 13.2. The maximum atomic E-state index is 12.6. The summed E-state index contributed by atoms with van der Waals surface area (Å²) in [5, 5.41) is 2.95. The summed E-state index contributed by atoms with van der Waals surface area (Å²) in [6, 6.07) is 17.4. The lowest BCUT2D eigenvalue weighted by Gasteiger charge is -2.31. The molecule has 2 aromatic rings. The summed E-state index contributed by atoms with van der Waals surface area (Å²) in [6.45, 7) is 1.27. The normalized spacial score (nSPS) is 14.6. The Bertz CT molecular complexity index is 768. The Morgan fingerprint density at radius 1 is 1.04 bits per heavy atom. The summed E-state index contributed by atoms with van der Waals surface area (Å²) < 4.78 is 5.28. The minimum Gasteiger partial charge on any atom is -0.495 e. The largest absolute Gasteiger partial charge is 0.495 e. The summed E-state index contributed by atoms with van der Waals surface area (Å²) in [6.07, 6.45) is 2.66. The first-order valence-corrected chi connectivity index (χ1v) is 9.43. The minimum atomic E-state index is -0.0758. The third-order valence-electron chi connectivity index (χ3n) is 5.05. The van der Waals surface area contributed by atoms with Gasteiger partial charge in [0.05, 0.1) is 12.8 Å². The highest BCUT2D eigenvalue weighted by Gasteiger charge is 2.27. The van der Waals surface area contributed by atoms with Gasteiger partial charge in [-0.15, -0.1) is 0 Å². The van der Waals surface area contributed by atoms with E-state index in [1.54, 1.807) is 7.11 Å². The fourth-order valence-electron chi connectivity index (χ4n) is 3.43. The number of benzene rings is 2. The van der Waals surface area contributed by atoms with Crippen LogP contribution in [0.25, 0.3) is 0 Å². The summed E-state index contributed by atoms with van der Waals surface area (Å²) in [4.78, 5) is 26.9. The molecule has 2 amide bonds. The molecule has 0 unspecified atom stereocenters. The molecule has 5 heteroatoms. The van der Waals surface area contributed by atoms with E-state index in [1.165, 1.54) is 5.56 Å². The van der Waals surface area contributed by atoms with E-state index in [4.69, 9.17) is 4.74 Å². The second-order valence-electron chi connectivity index (χ2n) is 6.83. The molecule has 2 aromatic carbocycles. The molecule has 1 aliphatic heterocycles. The topological polar surface area (TPSA) is 58.6 Å². The summed E-state index contributed by atoms with van der Waals surface area (Å²) in [7, 11) is 1.59. The number of ether oxygens (including phenoxy) is 1. The molecule has 1 aliphatic rings. The minimum absolute atomic E-state index is 0.00381. The number of para-hydroxylation sites is 2. The second kappa shape index (κ2) is 9.21. The smallest absolute Gasteiger partial charge is 0.227 e. The quantitative estimate of drug-likeness (QED) is 0.851. The third-order valence-corrected chi connectivity index (χ3v) is 5.05. The number of anilines is 1. The van der Waals surface area contributed by atoms with Crippen molar-refractivity contribution in [3.8, 4) is 5.75 Å². The van der Waals surface area contributed by atoms with Crippen LogP contribution < -0.4 is 10.1 Å². The highest BCUT2D eigenvalue weighted by Crippen LogP contribution is 2.26. The van der Waals surface area contributed by atoms with Crippen molar-refractivity contribution in [1.29, 1.82) is 0 Å². The standard InChI is InChI=1S/C22H26N2O3/c1-27-20-10-6-5-9-19(20)23-22(26)18-13-15-24(16-14-18)21(25)12-11-17-7-3-2-4-8-17/h2-10,18H,11-16H2,1H3,(H,23,26). The van der Waals surface area contributed by atoms with Crippen LogP contribution in [0.3, 0.4) is 0 Å². The molecule has 0 saturated carbocycles. The Labute approximate surface area is 160 Å². The van der Waals surface area contributed by atoms with E-state index in [-0.39, 0.29) is 17.7 Å². The highest BCUT2D eigenvalue weighted by molar-refractivity contribution is 5.94. The zero-order valence-electron chi connectivity index (χ0n) is 15.7. The van der Waals surface area contributed by atoms with Crippen molar-refractivity contribution in [2.45, 2.75) is 25.7 Å². The van der Waals surface area contributed by atoms with Crippen LogP contribution in [0.2, 0.25) is 0 Å². The predicted molar refractivity (Wildman–Crippen MR) is 106 cm³/mol. The number of hydrogen-bond donors (Lipinski definition) is 1. The van der Waals surface area contributed by atoms with E-state index in [0.29, 0.717) is 43.8 Å². The van der Waals surface area contributed by atoms with Crippen LogP contribution >= 0.6 is 0 Å². The zero-order chi connectivity index (χ0) is 19.1. The fraction of sp³-hybridized carbons (Fsp3) is 0.364. The fourth-order valence-corrected chi connectivity index (χ4v) is 3.43. The zero-order valence-corrected chi connectivity index (χ0v) is 15.7. The average molecular weight is 366 g/mol. The molecule has 142 valence electrons. The molecule has 1 saturated heterocycles. The van der Waals surface area contributed by atoms with Crippen molar-refractivity contribution in [2.24, 2.45) is 5.92 Å². The molecular formula is C22H26N2O3. The number of nitrogens with zero attached hydrogens (tertiary/aromatic N) is 1. The van der Waals surface area contributed by atoms with Gasteiger partial charge in [-0.3, -0.25) is 9.59 Å². The number of piperidine rings is 1. The van der Waals surface area contributed by atoms with Crippen molar-refractivity contribution in [3.05, 3.63) is 60.2 Å². The van der Waals surface area contributed by atoms with Gasteiger partial charge in [0.15, 0.2) is 0 Å². The Morgan fingerprint density at radius 2 is 1.70 bits per heavy atom. The Hall–Kier alpha value is -2.82. The Kier molecular flexibility index (Phi) is 6.47. The van der Waals surface area contributed by atoms with Crippen molar-refractivity contribution < 1.29 is 14.3 Å². The molecule has 27 heavy (non-hydrogen) atoms. The van der Waals surface area contributed by atoms with Crippen LogP contribution in [-0.2, 0) is 16.0 Å². The SMILES string of the molecule is COc1ccccc1NC(=O)C1CCN(C(=O)CCc2ccccc2)CC1. The van der Waals surface area contributed by atoms with Crippen molar-refractivity contribution >= 4 is 17.5 Å². The highest BCUT2D eigenvalue weighted by atomic mass is 16.5. The number of likely N-dealkylation sites (tertiary alicyclic amines) is 1. The van der Waals surface area contributed by atoms with E-state index < -0.39 is 0 Å². The van der Waals surface area contributed by atoms with Gasteiger partial charge in [0, 0.05) is 25.4 Å². The average Bonchev–Trinajstić information content (AvgIpc) is 2.73. The number of carbonyl (C=O) groups excluding carboxylic acids is 2. The maximum Gasteiger partial charge on any atom is 0.227 e. The molecule has 1 fully saturated rings. The molecule has 1 heterocycles. The van der Waals surface area contributed by atoms with Crippen molar-refractivity contribution in [3.63, 3.8) is 0 Å². The van der Waals surface area contributed by atoms with Crippen LogP contribution in [0.5, 0.6) is 5.75 Å². The van der Waals surface area contributed by atoms with Gasteiger partial charge in [-0.1, -0.05) is 42.5 Å². The van der Waals surface area contributed by atoms with Crippen LogP contribution in [0.1, 0.15) is 24.8 Å². The van der Waals surface area contributed by atoms with Crippen molar-refractivity contribution in [2.75, 3.05) is 25.5 Å². The van der Waals surface area contributed by atoms with Crippen LogP contribution in [-0.4, -0.2) is 36.9 Å². The molecular weight excluding hydrogens is 340 g/mol. The van der Waals surface area contributed by atoms with E-state index in [1.807, 2.05) is 59.5 Å². The number of rotatable bonds is 6. The Morgan fingerprint density at radius 3 is 2.41 bits per heavy atom. The molecule has 1 N–H and O–H groups in total. The summed E-state index contributed by atoms with van der Waals surface area (Å²) in [5.41, 5.74) is 1.86. The number of hydrogen-bond acceptors (Lipinski definition) is 3. The molecule has 3 rings (SSSR count). The molecule has 0 aromatic heterocycles. The molecule has 0 spiro atoms. The van der Waals surface area contributed by atoms with Gasteiger partial charge in [-0.05, 0) is 37.0 Å². The van der Waals surface area contributed by atoms with Crippen LogP contribution in [0.15, 0.2) is 54.6 Å². The van der Waals surface area contributed by atoms with Gasteiger partial charge in [0.2, 0.25) is 11.8 Å². The lowest BCUT2D eigenvalue weighted by Crippen LogP contribution is -2.41. The summed E-state index contributed by atoms with van der Waals surface area (Å²) in [5.74, 6) is 0.741. The van der Waals surface area contributed by atoms with Gasteiger partial charge in [0.1, 0.15) is 5.75 Å². The molecule has 5 nitrogen and oxygen atoms in total. The molecule has 0 bridgehead atoms. The van der Waals surface area contributed by atoms with Crippen LogP contribution in [0.4, 0.5) is 5.69 Å². The first-order valence-electron chi connectivity index (χ1n) is 9.43. The van der Waals surface area contributed by atoms with E-state index in [2.05, 4.69) is 5.32 Å². The molecule has 0 radical (unpaired) electrons. The van der Waals surface area contributed by atoms with Gasteiger partial charge in [0.25, 0.3) is 0 Å². The third kappa shape index (κ3) is 5.09. The second-order valence-corrected chi connectivity index (χ2v) is 6.83. The molecule has 0 aliphatic carbocycles.